The molecular weight excluding hydrogens is 232 g/mol. The molecule has 3 heteroatoms. The van der Waals surface area contributed by atoms with Crippen LogP contribution in [-0.4, -0.2) is 20.1 Å². The molecular formula is C14H23ClN2. The van der Waals surface area contributed by atoms with Crippen LogP contribution in [0.1, 0.15) is 33.1 Å². The van der Waals surface area contributed by atoms with Gasteiger partial charge in [-0.2, -0.15) is 0 Å². The molecule has 17 heavy (non-hydrogen) atoms. The van der Waals surface area contributed by atoms with Crippen molar-refractivity contribution in [3.05, 3.63) is 23.2 Å². The number of benzene rings is 1. The summed E-state index contributed by atoms with van der Waals surface area (Å²) in [5.74, 6) is 0. The van der Waals surface area contributed by atoms with Gasteiger partial charge in [0.25, 0.3) is 0 Å². The molecule has 0 heterocycles. The highest BCUT2D eigenvalue weighted by molar-refractivity contribution is 6.31. The molecule has 0 aromatic heterocycles. The molecule has 1 rings (SSSR count). The second-order valence-electron chi connectivity index (χ2n) is 4.74. The zero-order chi connectivity index (χ0) is 12.8. The summed E-state index contributed by atoms with van der Waals surface area (Å²) in [6.45, 7) is 4.44. The van der Waals surface area contributed by atoms with E-state index >= 15 is 0 Å². The SMILES string of the molecule is CCCCC(C)Nc1cc(Cl)ccc1N(C)C. The summed E-state index contributed by atoms with van der Waals surface area (Å²) < 4.78 is 0. The monoisotopic (exact) mass is 254 g/mol. The molecule has 0 aliphatic carbocycles. The number of rotatable bonds is 6. The summed E-state index contributed by atoms with van der Waals surface area (Å²) in [6, 6.07) is 6.46. The molecule has 0 radical (unpaired) electrons. The van der Waals surface area contributed by atoms with Gasteiger partial charge in [0, 0.05) is 25.2 Å². The van der Waals surface area contributed by atoms with Gasteiger partial charge >= 0.3 is 0 Å². The molecule has 1 unspecified atom stereocenters. The van der Waals surface area contributed by atoms with E-state index in [-0.39, 0.29) is 0 Å². The highest BCUT2D eigenvalue weighted by Crippen LogP contribution is 2.28. The van der Waals surface area contributed by atoms with Gasteiger partial charge in [0.1, 0.15) is 0 Å². The Bertz CT molecular complexity index is 350. The molecule has 96 valence electrons. The Morgan fingerprint density at radius 2 is 2.06 bits per heavy atom. The first-order valence-electron chi connectivity index (χ1n) is 6.28. The van der Waals surface area contributed by atoms with Crippen LogP contribution >= 0.6 is 11.6 Å². The largest absolute Gasteiger partial charge is 0.381 e. The molecule has 0 bridgehead atoms. The average Bonchev–Trinajstić information content (AvgIpc) is 2.26. The van der Waals surface area contributed by atoms with E-state index < -0.39 is 0 Å². The Labute approximate surface area is 110 Å². The fourth-order valence-electron chi connectivity index (χ4n) is 1.86. The van der Waals surface area contributed by atoms with Crippen LogP contribution in [0.4, 0.5) is 11.4 Å². The zero-order valence-electron chi connectivity index (χ0n) is 11.3. The Morgan fingerprint density at radius 3 is 2.65 bits per heavy atom. The molecule has 1 aromatic rings. The third-order valence-corrected chi connectivity index (χ3v) is 3.07. The number of nitrogens with one attached hydrogen (secondary N) is 1. The lowest BCUT2D eigenvalue weighted by Gasteiger charge is -2.22. The average molecular weight is 255 g/mol. The van der Waals surface area contributed by atoms with Crippen molar-refractivity contribution in [3.8, 4) is 0 Å². The van der Waals surface area contributed by atoms with Gasteiger partial charge in [-0.15, -0.1) is 0 Å². The van der Waals surface area contributed by atoms with E-state index in [9.17, 15) is 0 Å². The molecule has 2 nitrogen and oxygen atoms in total. The summed E-state index contributed by atoms with van der Waals surface area (Å²) in [7, 11) is 4.09. The highest BCUT2D eigenvalue weighted by atomic mass is 35.5. The Morgan fingerprint density at radius 1 is 1.35 bits per heavy atom. The molecule has 1 N–H and O–H groups in total. The topological polar surface area (TPSA) is 15.3 Å². The van der Waals surface area contributed by atoms with Crippen LogP contribution in [0.3, 0.4) is 0 Å². The minimum atomic E-state index is 0.479. The number of hydrogen-bond acceptors (Lipinski definition) is 2. The first kappa shape index (κ1) is 14.2. The molecule has 1 aromatic carbocycles. The lowest BCUT2D eigenvalue weighted by molar-refractivity contribution is 0.645. The Balaban J connectivity index is 2.77. The second kappa shape index (κ2) is 6.75. The van der Waals surface area contributed by atoms with E-state index in [1.54, 1.807) is 0 Å². The van der Waals surface area contributed by atoms with Crippen LogP contribution in [0.15, 0.2) is 18.2 Å². The number of nitrogens with zero attached hydrogens (tertiary/aromatic N) is 1. The van der Waals surface area contributed by atoms with Crippen LogP contribution in [0.25, 0.3) is 0 Å². The summed E-state index contributed by atoms with van der Waals surface area (Å²) in [6.07, 6.45) is 3.68. The lowest BCUT2D eigenvalue weighted by atomic mass is 10.1. The lowest BCUT2D eigenvalue weighted by Crippen LogP contribution is -2.18. The third kappa shape index (κ3) is 4.47. The maximum absolute atomic E-state index is 6.05. The molecule has 0 amide bonds. The molecule has 1 atom stereocenters. The predicted molar refractivity (Wildman–Crippen MR) is 78.4 cm³/mol. The Kier molecular flexibility index (Phi) is 5.63. The van der Waals surface area contributed by atoms with Crippen molar-refractivity contribution in [2.24, 2.45) is 0 Å². The van der Waals surface area contributed by atoms with Crippen LogP contribution in [0.5, 0.6) is 0 Å². The van der Waals surface area contributed by atoms with Crippen LogP contribution in [0, 0.1) is 0 Å². The molecule has 0 fully saturated rings. The molecule has 0 aliphatic rings. The first-order valence-corrected chi connectivity index (χ1v) is 6.65. The van der Waals surface area contributed by atoms with Crippen LogP contribution in [0.2, 0.25) is 5.02 Å². The van der Waals surface area contributed by atoms with Crippen LogP contribution < -0.4 is 10.2 Å². The molecule has 0 aliphatic heterocycles. The number of halogens is 1. The maximum Gasteiger partial charge on any atom is 0.0597 e. The summed E-state index contributed by atoms with van der Waals surface area (Å²) in [5.41, 5.74) is 2.30. The van der Waals surface area contributed by atoms with Gasteiger partial charge in [-0.05, 0) is 31.5 Å². The quantitative estimate of drug-likeness (QED) is 0.810. The summed E-state index contributed by atoms with van der Waals surface area (Å²) in [4.78, 5) is 2.10. The predicted octanol–water partition coefficient (Wildman–Crippen LogP) is 4.40. The number of anilines is 2. The van der Waals surface area contributed by atoms with Crippen LogP contribution in [-0.2, 0) is 0 Å². The standard InChI is InChI=1S/C14H23ClN2/c1-5-6-7-11(2)16-13-10-12(15)8-9-14(13)17(3)4/h8-11,16H,5-7H2,1-4H3. The van der Waals surface area contributed by atoms with Gasteiger partial charge < -0.3 is 10.2 Å². The van der Waals surface area contributed by atoms with Crippen molar-refractivity contribution >= 4 is 23.0 Å². The first-order chi connectivity index (χ1) is 8.04. The van der Waals surface area contributed by atoms with Crippen molar-refractivity contribution in [3.63, 3.8) is 0 Å². The van der Waals surface area contributed by atoms with E-state index in [4.69, 9.17) is 11.6 Å². The van der Waals surface area contributed by atoms with Crippen molar-refractivity contribution < 1.29 is 0 Å². The number of unbranched alkanes of at least 4 members (excludes halogenated alkanes) is 1. The van der Waals surface area contributed by atoms with Crippen molar-refractivity contribution in [2.75, 3.05) is 24.3 Å². The zero-order valence-corrected chi connectivity index (χ0v) is 12.0. The van der Waals surface area contributed by atoms with E-state index in [0.29, 0.717) is 6.04 Å². The Hall–Kier alpha value is -0.890. The summed E-state index contributed by atoms with van der Waals surface area (Å²) >= 11 is 6.05. The van der Waals surface area contributed by atoms with E-state index in [2.05, 4.69) is 30.1 Å². The van der Waals surface area contributed by atoms with E-state index in [1.807, 2.05) is 26.2 Å². The van der Waals surface area contributed by atoms with Gasteiger partial charge in [0.2, 0.25) is 0 Å². The van der Waals surface area contributed by atoms with Crippen molar-refractivity contribution in [2.45, 2.75) is 39.2 Å². The fraction of sp³-hybridized carbons (Fsp3) is 0.571. The van der Waals surface area contributed by atoms with Gasteiger partial charge in [-0.25, -0.2) is 0 Å². The van der Waals surface area contributed by atoms with Gasteiger partial charge in [-0.3, -0.25) is 0 Å². The van der Waals surface area contributed by atoms with Gasteiger partial charge in [0.15, 0.2) is 0 Å². The molecule has 0 saturated carbocycles. The van der Waals surface area contributed by atoms with Gasteiger partial charge in [0.05, 0.1) is 11.4 Å². The van der Waals surface area contributed by atoms with Crippen molar-refractivity contribution in [1.29, 1.82) is 0 Å². The second-order valence-corrected chi connectivity index (χ2v) is 5.18. The van der Waals surface area contributed by atoms with Gasteiger partial charge in [-0.1, -0.05) is 31.4 Å². The number of hydrogen-bond donors (Lipinski definition) is 1. The minimum Gasteiger partial charge on any atom is -0.381 e. The normalized spacial score (nSPS) is 12.3. The maximum atomic E-state index is 6.05. The third-order valence-electron chi connectivity index (χ3n) is 2.83. The summed E-state index contributed by atoms with van der Waals surface area (Å²) in [5, 5.41) is 4.32. The van der Waals surface area contributed by atoms with E-state index in [0.717, 1.165) is 10.7 Å². The molecule has 0 spiro atoms. The smallest absolute Gasteiger partial charge is 0.0597 e. The highest BCUT2D eigenvalue weighted by Gasteiger charge is 2.08. The van der Waals surface area contributed by atoms with E-state index in [1.165, 1.54) is 24.9 Å². The molecule has 0 saturated heterocycles. The fourth-order valence-corrected chi connectivity index (χ4v) is 2.03. The van der Waals surface area contributed by atoms with Crippen molar-refractivity contribution in [1.82, 2.24) is 0 Å². The minimum absolute atomic E-state index is 0.479.